The van der Waals surface area contributed by atoms with Crippen LogP contribution in [0.15, 0.2) is 70.2 Å². The van der Waals surface area contributed by atoms with Crippen LogP contribution in [-0.2, 0) is 21.1 Å². The average molecular weight is 412 g/mol. The molecule has 7 nitrogen and oxygen atoms in total. The van der Waals surface area contributed by atoms with E-state index in [1.54, 1.807) is 42.5 Å². The smallest absolute Gasteiger partial charge is 0.291 e. The number of carbonyl (C=O) groups is 2. The maximum Gasteiger partial charge on any atom is 0.291 e. The summed E-state index contributed by atoms with van der Waals surface area (Å²) in [7, 11) is -3.26. The molecule has 0 aliphatic heterocycles. The van der Waals surface area contributed by atoms with E-state index in [2.05, 4.69) is 10.6 Å². The second-order valence-corrected chi connectivity index (χ2v) is 8.62. The summed E-state index contributed by atoms with van der Waals surface area (Å²) in [6.07, 6.45) is 2.67. The summed E-state index contributed by atoms with van der Waals surface area (Å²) in [5.41, 5.74) is 2.69. The van der Waals surface area contributed by atoms with Crippen LogP contribution in [0.1, 0.15) is 21.7 Å². The van der Waals surface area contributed by atoms with Crippen LogP contribution in [0.25, 0.3) is 0 Å². The normalized spacial score (nSPS) is 11.1. The number of sulfone groups is 1. The van der Waals surface area contributed by atoms with Crippen molar-refractivity contribution in [3.05, 3.63) is 77.7 Å². The van der Waals surface area contributed by atoms with Gasteiger partial charge in [0.15, 0.2) is 15.6 Å². The average Bonchev–Trinajstić information content (AvgIpc) is 3.18. The third-order valence-electron chi connectivity index (χ3n) is 4.22. The fraction of sp³-hybridized carbons (Fsp3) is 0.143. The van der Waals surface area contributed by atoms with Gasteiger partial charge in [-0.15, -0.1) is 0 Å². The molecule has 0 unspecified atom stereocenters. The van der Waals surface area contributed by atoms with E-state index < -0.39 is 9.84 Å². The van der Waals surface area contributed by atoms with E-state index in [0.717, 1.165) is 11.8 Å². The van der Waals surface area contributed by atoms with Crippen LogP contribution in [0.3, 0.4) is 0 Å². The molecule has 3 aromatic rings. The zero-order chi connectivity index (χ0) is 21.0. The molecule has 2 N–H and O–H groups in total. The second-order valence-electron chi connectivity index (χ2n) is 6.60. The molecule has 2 aromatic carbocycles. The lowest BCUT2D eigenvalue weighted by molar-refractivity contribution is -0.115. The van der Waals surface area contributed by atoms with Gasteiger partial charge in [0.1, 0.15) is 0 Å². The number of carbonyl (C=O) groups excluding carboxylic acids is 2. The van der Waals surface area contributed by atoms with E-state index in [-0.39, 0.29) is 28.9 Å². The summed E-state index contributed by atoms with van der Waals surface area (Å²) in [6.45, 7) is 1.82. The standard InChI is InChI=1S/C21H20N2O5S/c1-14-12-16(7-10-18(14)23-21(25)19-4-3-11-28-19)22-20(24)13-15-5-8-17(9-6-15)29(2,26)27/h3-12H,13H2,1-2H3,(H,22,24)(H,23,25). The van der Waals surface area contributed by atoms with E-state index in [0.29, 0.717) is 16.9 Å². The summed E-state index contributed by atoms with van der Waals surface area (Å²) in [4.78, 5) is 24.6. The van der Waals surface area contributed by atoms with Crippen molar-refractivity contribution >= 4 is 33.0 Å². The topological polar surface area (TPSA) is 105 Å². The van der Waals surface area contributed by atoms with Crippen molar-refractivity contribution in [2.24, 2.45) is 0 Å². The molecule has 0 radical (unpaired) electrons. The molecule has 0 saturated heterocycles. The number of furan rings is 1. The Balaban J connectivity index is 1.62. The highest BCUT2D eigenvalue weighted by molar-refractivity contribution is 7.90. The van der Waals surface area contributed by atoms with Gasteiger partial charge in [-0.2, -0.15) is 0 Å². The Morgan fingerprint density at radius 1 is 1.00 bits per heavy atom. The van der Waals surface area contributed by atoms with Crippen LogP contribution < -0.4 is 10.6 Å². The van der Waals surface area contributed by atoms with Crippen LogP contribution in [-0.4, -0.2) is 26.5 Å². The first-order valence-electron chi connectivity index (χ1n) is 8.77. The number of amides is 2. The molecule has 2 amide bonds. The maximum absolute atomic E-state index is 12.3. The van der Waals surface area contributed by atoms with Crippen molar-refractivity contribution in [1.29, 1.82) is 0 Å². The van der Waals surface area contributed by atoms with Gasteiger partial charge in [-0.1, -0.05) is 12.1 Å². The van der Waals surface area contributed by atoms with Gasteiger partial charge in [0.05, 0.1) is 17.6 Å². The van der Waals surface area contributed by atoms with Gasteiger partial charge in [-0.3, -0.25) is 9.59 Å². The summed E-state index contributed by atoms with van der Waals surface area (Å²) in [6, 6.07) is 14.6. The fourth-order valence-electron chi connectivity index (χ4n) is 2.72. The SMILES string of the molecule is Cc1cc(NC(=O)Cc2ccc(S(C)(=O)=O)cc2)ccc1NC(=O)c1ccco1. The second kappa shape index (κ2) is 8.32. The molecule has 1 heterocycles. The number of benzene rings is 2. The van der Waals surface area contributed by atoms with E-state index in [1.165, 1.54) is 18.4 Å². The van der Waals surface area contributed by atoms with E-state index in [1.807, 2.05) is 6.92 Å². The molecule has 0 fully saturated rings. The van der Waals surface area contributed by atoms with Crippen molar-refractivity contribution in [2.45, 2.75) is 18.2 Å². The minimum absolute atomic E-state index is 0.111. The predicted molar refractivity (Wildman–Crippen MR) is 110 cm³/mol. The summed E-state index contributed by atoms with van der Waals surface area (Å²) >= 11 is 0. The van der Waals surface area contributed by atoms with Crippen LogP contribution in [0, 0.1) is 6.92 Å². The van der Waals surface area contributed by atoms with Gasteiger partial charge < -0.3 is 15.1 Å². The van der Waals surface area contributed by atoms with E-state index >= 15 is 0 Å². The first-order valence-corrected chi connectivity index (χ1v) is 10.7. The molecule has 1 aromatic heterocycles. The van der Waals surface area contributed by atoms with Crippen LogP contribution in [0.4, 0.5) is 11.4 Å². The Bertz CT molecular complexity index is 1130. The van der Waals surface area contributed by atoms with Crippen molar-refractivity contribution < 1.29 is 22.4 Å². The third kappa shape index (κ3) is 5.32. The van der Waals surface area contributed by atoms with Gasteiger partial charge in [0.2, 0.25) is 5.91 Å². The van der Waals surface area contributed by atoms with Crippen molar-refractivity contribution in [2.75, 3.05) is 16.9 Å². The molecular formula is C21H20N2O5S. The quantitative estimate of drug-likeness (QED) is 0.645. The van der Waals surface area contributed by atoms with E-state index in [4.69, 9.17) is 4.42 Å². The lowest BCUT2D eigenvalue weighted by atomic mass is 10.1. The van der Waals surface area contributed by atoms with Crippen molar-refractivity contribution in [3.8, 4) is 0 Å². The van der Waals surface area contributed by atoms with Gasteiger partial charge in [0.25, 0.3) is 5.91 Å². The zero-order valence-electron chi connectivity index (χ0n) is 15.9. The Morgan fingerprint density at radius 3 is 2.31 bits per heavy atom. The molecule has 3 rings (SSSR count). The molecule has 0 aliphatic rings. The van der Waals surface area contributed by atoms with E-state index in [9.17, 15) is 18.0 Å². The Labute approximate surface area is 168 Å². The van der Waals surface area contributed by atoms with Gasteiger partial charge in [-0.05, 0) is 60.5 Å². The largest absolute Gasteiger partial charge is 0.459 e. The molecular weight excluding hydrogens is 392 g/mol. The fourth-order valence-corrected chi connectivity index (χ4v) is 3.35. The van der Waals surface area contributed by atoms with Crippen LogP contribution in [0.5, 0.6) is 0 Å². The zero-order valence-corrected chi connectivity index (χ0v) is 16.7. The number of aryl methyl sites for hydroxylation is 1. The summed E-state index contributed by atoms with van der Waals surface area (Å²) < 4.78 is 28.0. The molecule has 29 heavy (non-hydrogen) atoms. The number of rotatable bonds is 6. The van der Waals surface area contributed by atoms with Crippen molar-refractivity contribution in [3.63, 3.8) is 0 Å². The van der Waals surface area contributed by atoms with Crippen LogP contribution in [0.2, 0.25) is 0 Å². The number of hydrogen-bond donors (Lipinski definition) is 2. The first kappa shape index (κ1) is 20.3. The Morgan fingerprint density at radius 2 is 1.72 bits per heavy atom. The predicted octanol–water partition coefficient (Wildman–Crippen LogP) is 3.43. The Kier molecular flexibility index (Phi) is 5.84. The molecule has 0 saturated carbocycles. The third-order valence-corrected chi connectivity index (χ3v) is 5.35. The van der Waals surface area contributed by atoms with Gasteiger partial charge in [0, 0.05) is 17.6 Å². The molecule has 150 valence electrons. The molecule has 8 heteroatoms. The maximum atomic E-state index is 12.3. The highest BCUT2D eigenvalue weighted by Gasteiger charge is 2.12. The number of nitrogens with one attached hydrogen (secondary N) is 2. The molecule has 0 atom stereocenters. The lowest BCUT2D eigenvalue weighted by Crippen LogP contribution is -2.15. The minimum atomic E-state index is -3.26. The Hall–Kier alpha value is -3.39. The minimum Gasteiger partial charge on any atom is -0.459 e. The van der Waals surface area contributed by atoms with Crippen molar-refractivity contribution in [1.82, 2.24) is 0 Å². The highest BCUT2D eigenvalue weighted by Crippen LogP contribution is 2.21. The molecule has 0 bridgehead atoms. The van der Waals surface area contributed by atoms with Crippen LogP contribution >= 0.6 is 0 Å². The highest BCUT2D eigenvalue weighted by atomic mass is 32.2. The monoisotopic (exact) mass is 412 g/mol. The number of anilines is 2. The lowest BCUT2D eigenvalue weighted by Gasteiger charge is -2.11. The number of hydrogen-bond acceptors (Lipinski definition) is 5. The molecule has 0 aliphatic carbocycles. The molecule has 0 spiro atoms. The van der Waals surface area contributed by atoms with Gasteiger partial charge in [-0.25, -0.2) is 8.42 Å². The summed E-state index contributed by atoms with van der Waals surface area (Å²) in [5, 5.41) is 5.55. The first-order chi connectivity index (χ1) is 13.7. The van der Waals surface area contributed by atoms with Gasteiger partial charge >= 0.3 is 0 Å². The summed E-state index contributed by atoms with van der Waals surface area (Å²) in [5.74, 6) is -0.375.